The van der Waals surface area contributed by atoms with Crippen LogP contribution in [0, 0.1) is 0 Å². The zero-order valence-electron chi connectivity index (χ0n) is 12.3. The van der Waals surface area contributed by atoms with Gasteiger partial charge in [0.25, 0.3) is 0 Å². The van der Waals surface area contributed by atoms with Gasteiger partial charge in [-0.25, -0.2) is 4.79 Å². The first-order valence-corrected chi connectivity index (χ1v) is 7.05. The summed E-state index contributed by atoms with van der Waals surface area (Å²) in [6.45, 7) is 1.67. The first kappa shape index (κ1) is 14.8. The fourth-order valence-electron chi connectivity index (χ4n) is 2.46. The minimum atomic E-state index is -1.04. The van der Waals surface area contributed by atoms with Crippen molar-refractivity contribution in [2.75, 3.05) is 0 Å². The molecule has 3 rings (SSSR count). The van der Waals surface area contributed by atoms with Crippen molar-refractivity contribution in [1.29, 1.82) is 0 Å². The van der Waals surface area contributed by atoms with Crippen molar-refractivity contribution in [3.8, 4) is 11.5 Å². The fraction of sp³-hybridized carbons (Fsp3) is 0.111. The van der Waals surface area contributed by atoms with E-state index in [1.807, 2.05) is 0 Å². The molecule has 2 aromatic carbocycles. The van der Waals surface area contributed by atoms with Crippen LogP contribution in [0.2, 0.25) is 0 Å². The molecular weight excluding hydrogens is 296 g/mol. The summed E-state index contributed by atoms with van der Waals surface area (Å²) in [5.74, 6) is -0.622. The number of carboxylic acids is 1. The lowest BCUT2D eigenvalue weighted by atomic mass is 9.97. The fourth-order valence-corrected chi connectivity index (χ4v) is 2.46. The number of ether oxygens (including phenoxy) is 1. The van der Waals surface area contributed by atoms with Crippen LogP contribution in [0.5, 0.6) is 11.5 Å². The normalized spacial score (nSPS) is 16.0. The molecule has 2 aromatic rings. The first-order chi connectivity index (χ1) is 11.0. The molecule has 0 radical (unpaired) electrons. The molecule has 1 heterocycles. The van der Waals surface area contributed by atoms with Gasteiger partial charge in [0.2, 0.25) is 0 Å². The molecule has 2 N–H and O–H groups in total. The van der Waals surface area contributed by atoms with Crippen LogP contribution in [-0.4, -0.2) is 28.1 Å². The van der Waals surface area contributed by atoms with E-state index in [1.165, 1.54) is 30.3 Å². The highest BCUT2D eigenvalue weighted by Gasteiger charge is 2.24. The summed E-state index contributed by atoms with van der Waals surface area (Å²) < 4.78 is 5.57. The van der Waals surface area contributed by atoms with Gasteiger partial charge in [-0.05, 0) is 55.5 Å². The number of rotatable bonds is 3. The SMILES string of the molecule is CC1Oc2ccc(C(=O)c3ccc(O)cc3)cc2C=C1C(=O)O. The number of phenolic OH excluding ortho intramolecular Hbond substituents is 1. The molecule has 1 aliphatic heterocycles. The third-order valence-electron chi connectivity index (χ3n) is 3.70. The van der Waals surface area contributed by atoms with E-state index in [-0.39, 0.29) is 17.1 Å². The minimum Gasteiger partial charge on any atom is -0.508 e. The standard InChI is InChI=1S/C18H14O5/c1-10-15(18(21)22)9-13-8-12(4-7-16(13)23-10)17(20)11-2-5-14(19)6-3-11/h2-10,19H,1H3,(H,21,22). The lowest BCUT2D eigenvalue weighted by Crippen LogP contribution is -2.24. The van der Waals surface area contributed by atoms with Gasteiger partial charge >= 0.3 is 5.97 Å². The highest BCUT2D eigenvalue weighted by atomic mass is 16.5. The number of hydrogen-bond donors (Lipinski definition) is 2. The van der Waals surface area contributed by atoms with Crippen molar-refractivity contribution < 1.29 is 24.5 Å². The highest BCUT2D eigenvalue weighted by Crippen LogP contribution is 2.31. The maximum Gasteiger partial charge on any atom is 0.335 e. The maximum absolute atomic E-state index is 12.5. The predicted octanol–water partition coefficient (Wildman–Crippen LogP) is 2.87. The van der Waals surface area contributed by atoms with Gasteiger partial charge in [-0.15, -0.1) is 0 Å². The summed E-state index contributed by atoms with van der Waals surface area (Å²) in [6, 6.07) is 10.9. The van der Waals surface area contributed by atoms with Crippen LogP contribution >= 0.6 is 0 Å². The molecule has 0 aliphatic carbocycles. The van der Waals surface area contributed by atoms with Crippen molar-refractivity contribution in [2.45, 2.75) is 13.0 Å². The van der Waals surface area contributed by atoms with E-state index in [1.54, 1.807) is 25.1 Å². The van der Waals surface area contributed by atoms with Gasteiger partial charge < -0.3 is 14.9 Å². The molecular formula is C18H14O5. The quantitative estimate of drug-likeness (QED) is 0.852. The molecule has 1 atom stereocenters. The Morgan fingerprint density at radius 2 is 1.70 bits per heavy atom. The van der Waals surface area contributed by atoms with Crippen molar-refractivity contribution >= 4 is 17.8 Å². The number of phenols is 1. The number of carbonyl (C=O) groups is 2. The molecule has 1 unspecified atom stereocenters. The number of benzene rings is 2. The van der Waals surface area contributed by atoms with Crippen LogP contribution in [0.3, 0.4) is 0 Å². The third-order valence-corrected chi connectivity index (χ3v) is 3.70. The van der Waals surface area contributed by atoms with Crippen molar-refractivity contribution in [1.82, 2.24) is 0 Å². The molecule has 116 valence electrons. The summed E-state index contributed by atoms with van der Waals surface area (Å²) in [4.78, 5) is 23.7. The molecule has 0 fully saturated rings. The van der Waals surface area contributed by atoms with Gasteiger partial charge in [0, 0.05) is 16.7 Å². The smallest absolute Gasteiger partial charge is 0.335 e. The summed E-state index contributed by atoms with van der Waals surface area (Å²) in [5, 5.41) is 18.5. The molecule has 1 aliphatic rings. The molecule has 0 bridgehead atoms. The van der Waals surface area contributed by atoms with E-state index < -0.39 is 12.1 Å². The third kappa shape index (κ3) is 2.81. The Morgan fingerprint density at radius 1 is 1.04 bits per heavy atom. The molecule has 0 aromatic heterocycles. The van der Waals surface area contributed by atoms with Gasteiger partial charge in [-0.3, -0.25) is 4.79 Å². The van der Waals surface area contributed by atoms with Crippen LogP contribution in [0.15, 0.2) is 48.0 Å². The molecule has 5 nitrogen and oxygen atoms in total. The van der Waals surface area contributed by atoms with Gasteiger partial charge in [-0.2, -0.15) is 0 Å². The van der Waals surface area contributed by atoms with E-state index in [9.17, 15) is 19.8 Å². The van der Waals surface area contributed by atoms with E-state index in [0.29, 0.717) is 22.4 Å². The Hall–Kier alpha value is -3.08. The second kappa shape index (κ2) is 5.61. The summed E-state index contributed by atoms with van der Waals surface area (Å²) >= 11 is 0. The summed E-state index contributed by atoms with van der Waals surface area (Å²) in [5.41, 5.74) is 1.57. The monoisotopic (exact) mass is 310 g/mol. The van der Waals surface area contributed by atoms with Crippen molar-refractivity contribution in [3.63, 3.8) is 0 Å². The number of ketones is 1. The molecule has 5 heteroatoms. The molecule has 0 saturated heterocycles. The lowest BCUT2D eigenvalue weighted by Gasteiger charge is -2.22. The Balaban J connectivity index is 1.99. The second-order valence-corrected chi connectivity index (χ2v) is 5.29. The zero-order valence-corrected chi connectivity index (χ0v) is 12.3. The van der Waals surface area contributed by atoms with Crippen molar-refractivity contribution in [2.24, 2.45) is 0 Å². The average molecular weight is 310 g/mol. The zero-order chi connectivity index (χ0) is 16.6. The minimum absolute atomic E-state index is 0.0865. The van der Waals surface area contributed by atoms with Gasteiger partial charge in [0.1, 0.15) is 17.6 Å². The molecule has 0 saturated carbocycles. The molecule has 23 heavy (non-hydrogen) atoms. The Kier molecular flexibility index (Phi) is 3.62. The number of hydrogen-bond acceptors (Lipinski definition) is 4. The number of aromatic hydroxyl groups is 1. The average Bonchev–Trinajstić information content (AvgIpc) is 2.53. The highest BCUT2D eigenvalue weighted by molar-refractivity contribution is 6.09. The van der Waals surface area contributed by atoms with E-state index >= 15 is 0 Å². The van der Waals surface area contributed by atoms with Gasteiger partial charge in [0.05, 0.1) is 5.57 Å². The summed E-state index contributed by atoms with van der Waals surface area (Å²) in [7, 11) is 0. The van der Waals surface area contributed by atoms with Crippen LogP contribution < -0.4 is 4.74 Å². The van der Waals surface area contributed by atoms with E-state index in [2.05, 4.69) is 0 Å². The Bertz CT molecular complexity index is 818. The molecule has 0 amide bonds. The van der Waals surface area contributed by atoms with Gasteiger partial charge in [-0.1, -0.05) is 0 Å². The van der Waals surface area contributed by atoms with Crippen LogP contribution in [0.4, 0.5) is 0 Å². The Morgan fingerprint density at radius 3 is 2.35 bits per heavy atom. The Labute approximate surface area is 132 Å². The number of carboxylic acid groups (broad SMARTS) is 1. The van der Waals surface area contributed by atoms with Crippen LogP contribution in [-0.2, 0) is 4.79 Å². The van der Waals surface area contributed by atoms with Crippen LogP contribution in [0.25, 0.3) is 6.08 Å². The summed E-state index contributed by atoms with van der Waals surface area (Å²) in [6.07, 6.45) is 0.984. The van der Waals surface area contributed by atoms with E-state index in [0.717, 1.165) is 0 Å². The topological polar surface area (TPSA) is 83.8 Å². The second-order valence-electron chi connectivity index (χ2n) is 5.29. The number of fused-ring (bicyclic) bond motifs is 1. The van der Waals surface area contributed by atoms with Gasteiger partial charge in [0.15, 0.2) is 5.78 Å². The molecule has 0 spiro atoms. The number of aliphatic carboxylic acids is 1. The van der Waals surface area contributed by atoms with Crippen molar-refractivity contribution in [3.05, 3.63) is 64.7 Å². The predicted molar refractivity (Wildman–Crippen MR) is 83.7 cm³/mol. The lowest BCUT2D eigenvalue weighted by molar-refractivity contribution is -0.133. The van der Waals surface area contributed by atoms with Crippen LogP contribution in [0.1, 0.15) is 28.4 Å². The number of carbonyl (C=O) groups excluding carboxylic acids is 1. The largest absolute Gasteiger partial charge is 0.508 e. The maximum atomic E-state index is 12.5. The first-order valence-electron chi connectivity index (χ1n) is 7.05. The van der Waals surface area contributed by atoms with E-state index in [4.69, 9.17) is 4.74 Å².